The second-order valence-electron chi connectivity index (χ2n) is 5.63. The van der Waals surface area contributed by atoms with Crippen LogP contribution in [0.2, 0.25) is 0 Å². The largest absolute Gasteiger partial charge is 0.373 e. The minimum absolute atomic E-state index is 0.328. The number of ether oxygens (including phenoxy) is 1. The maximum absolute atomic E-state index is 6.03. The summed E-state index contributed by atoms with van der Waals surface area (Å²) >= 11 is 0. The van der Waals surface area contributed by atoms with E-state index in [4.69, 9.17) is 4.74 Å². The predicted octanol–water partition coefficient (Wildman–Crippen LogP) is 3.08. The van der Waals surface area contributed by atoms with E-state index in [-0.39, 0.29) is 0 Å². The van der Waals surface area contributed by atoms with Gasteiger partial charge in [0.15, 0.2) is 0 Å². The smallest absolute Gasteiger partial charge is 0.0831 e. The second kappa shape index (κ2) is 5.41. The molecule has 3 unspecified atom stereocenters. The topological polar surface area (TPSA) is 21.3 Å². The molecule has 3 atom stereocenters. The van der Waals surface area contributed by atoms with E-state index in [2.05, 4.69) is 36.6 Å². The van der Waals surface area contributed by atoms with Crippen LogP contribution in [0.25, 0.3) is 0 Å². The van der Waals surface area contributed by atoms with Crippen molar-refractivity contribution in [3.63, 3.8) is 0 Å². The van der Waals surface area contributed by atoms with Gasteiger partial charge in [-0.1, -0.05) is 30.7 Å². The summed E-state index contributed by atoms with van der Waals surface area (Å²) in [5, 5.41) is 3.47. The van der Waals surface area contributed by atoms with E-state index in [0.717, 1.165) is 18.9 Å². The summed E-state index contributed by atoms with van der Waals surface area (Å²) in [6, 6.07) is 9.50. The summed E-state index contributed by atoms with van der Waals surface area (Å²) in [5.41, 5.74) is 2.93. The average Bonchev–Trinajstić information content (AvgIpc) is 2.86. The fourth-order valence-electron chi connectivity index (χ4n) is 3.65. The van der Waals surface area contributed by atoms with Gasteiger partial charge >= 0.3 is 0 Å². The van der Waals surface area contributed by atoms with Gasteiger partial charge in [-0.15, -0.1) is 0 Å². The maximum Gasteiger partial charge on any atom is 0.0831 e. The van der Waals surface area contributed by atoms with Crippen LogP contribution in [-0.4, -0.2) is 19.7 Å². The lowest BCUT2D eigenvalue weighted by molar-refractivity contribution is 0.0234. The summed E-state index contributed by atoms with van der Waals surface area (Å²) in [6.45, 7) is 0.888. The van der Waals surface area contributed by atoms with Crippen molar-refractivity contribution in [3.05, 3.63) is 35.4 Å². The van der Waals surface area contributed by atoms with Crippen LogP contribution < -0.4 is 5.32 Å². The number of benzene rings is 1. The van der Waals surface area contributed by atoms with Crippen LogP contribution in [0, 0.1) is 5.92 Å². The molecule has 1 heterocycles. The molecular formula is C16H23NO. The Hall–Kier alpha value is -0.860. The van der Waals surface area contributed by atoms with Crippen LogP contribution >= 0.6 is 0 Å². The van der Waals surface area contributed by atoms with E-state index in [1.807, 2.05) is 0 Å². The minimum atomic E-state index is 0.328. The van der Waals surface area contributed by atoms with Crippen LogP contribution in [0.3, 0.4) is 0 Å². The molecule has 2 aliphatic rings. The number of hydrogen-bond donors (Lipinski definition) is 1. The molecule has 3 rings (SSSR count). The highest BCUT2D eigenvalue weighted by molar-refractivity contribution is 5.31. The van der Waals surface area contributed by atoms with Gasteiger partial charge in [-0.25, -0.2) is 0 Å². The maximum atomic E-state index is 6.03. The molecule has 0 amide bonds. The first-order valence-electron chi connectivity index (χ1n) is 7.25. The standard InChI is InChI=1S/C16H23NO/c1-17-15-8-4-6-13(15)11-16-14-7-3-2-5-12(14)9-10-18-16/h2-3,5,7,13,15-17H,4,6,8-11H2,1H3. The monoisotopic (exact) mass is 245 g/mol. The van der Waals surface area contributed by atoms with Gasteiger partial charge in [0, 0.05) is 6.04 Å². The highest BCUT2D eigenvalue weighted by atomic mass is 16.5. The molecular weight excluding hydrogens is 222 g/mol. The summed E-state index contributed by atoms with van der Waals surface area (Å²) in [7, 11) is 2.10. The Morgan fingerprint density at radius 1 is 1.28 bits per heavy atom. The van der Waals surface area contributed by atoms with E-state index in [9.17, 15) is 0 Å². The van der Waals surface area contributed by atoms with Crippen molar-refractivity contribution in [1.29, 1.82) is 0 Å². The van der Waals surface area contributed by atoms with Crippen LogP contribution in [0.5, 0.6) is 0 Å². The molecule has 1 aliphatic carbocycles. The van der Waals surface area contributed by atoms with Gasteiger partial charge in [-0.05, 0) is 49.8 Å². The molecule has 98 valence electrons. The van der Waals surface area contributed by atoms with E-state index in [1.165, 1.54) is 36.8 Å². The Kier molecular flexibility index (Phi) is 3.67. The van der Waals surface area contributed by atoms with E-state index in [1.54, 1.807) is 0 Å². The Bertz CT molecular complexity index is 404. The molecule has 2 nitrogen and oxygen atoms in total. The first kappa shape index (κ1) is 12.2. The highest BCUT2D eigenvalue weighted by Crippen LogP contribution is 2.37. The lowest BCUT2D eigenvalue weighted by atomic mass is 9.89. The zero-order valence-corrected chi connectivity index (χ0v) is 11.2. The van der Waals surface area contributed by atoms with Gasteiger partial charge in [0.1, 0.15) is 0 Å². The van der Waals surface area contributed by atoms with Crippen molar-refractivity contribution >= 4 is 0 Å². The third-order valence-electron chi connectivity index (χ3n) is 4.64. The lowest BCUT2D eigenvalue weighted by Gasteiger charge is -2.30. The van der Waals surface area contributed by atoms with Gasteiger partial charge in [-0.2, -0.15) is 0 Å². The van der Waals surface area contributed by atoms with Crippen LogP contribution in [-0.2, 0) is 11.2 Å². The molecule has 1 aromatic carbocycles. The SMILES string of the molecule is CNC1CCCC1CC1OCCc2ccccc21. The van der Waals surface area contributed by atoms with Crippen molar-refractivity contribution < 1.29 is 4.74 Å². The first-order valence-corrected chi connectivity index (χ1v) is 7.25. The average molecular weight is 245 g/mol. The third kappa shape index (κ3) is 2.32. The molecule has 0 radical (unpaired) electrons. The quantitative estimate of drug-likeness (QED) is 0.883. The molecule has 1 N–H and O–H groups in total. The van der Waals surface area contributed by atoms with Gasteiger partial charge in [-0.3, -0.25) is 0 Å². The van der Waals surface area contributed by atoms with Crippen molar-refractivity contribution in [2.45, 2.75) is 44.2 Å². The molecule has 0 spiro atoms. The fourth-order valence-corrected chi connectivity index (χ4v) is 3.65. The molecule has 18 heavy (non-hydrogen) atoms. The summed E-state index contributed by atoms with van der Waals surface area (Å²) < 4.78 is 6.03. The van der Waals surface area contributed by atoms with Gasteiger partial charge < -0.3 is 10.1 Å². The van der Waals surface area contributed by atoms with Crippen molar-refractivity contribution in [2.75, 3.05) is 13.7 Å². The zero-order valence-electron chi connectivity index (χ0n) is 11.2. The molecule has 1 aromatic rings. The van der Waals surface area contributed by atoms with E-state index in [0.29, 0.717) is 12.1 Å². The van der Waals surface area contributed by atoms with Crippen molar-refractivity contribution in [3.8, 4) is 0 Å². The number of rotatable bonds is 3. The highest BCUT2D eigenvalue weighted by Gasteiger charge is 2.31. The molecule has 2 heteroatoms. The van der Waals surface area contributed by atoms with Gasteiger partial charge in [0.2, 0.25) is 0 Å². The normalized spacial score (nSPS) is 31.3. The lowest BCUT2D eigenvalue weighted by Crippen LogP contribution is -2.31. The zero-order chi connectivity index (χ0) is 12.4. The number of nitrogens with one attached hydrogen (secondary N) is 1. The van der Waals surface area contributed by atoms with Gasteiger partial charge in [0.05, 0.1) is 12.7 Å². The Morgan fingerprint density at radius 2 is 2.17 bits per heavy atom. The van der Waals surface area contributed by atoms with Gasteiger partial charge in [0.25, 0.3) is 0 Å². The van der Waals surface area contributed by atoms with E-state index < -0.39 is 0 Å². The first-order chi connectivity index (χ1) is 8.88. The van der Waals surface area contributed by atoms with Crippen molar-refractivity contribution in [1.82, 2.24) is 5.32 Å². The van der Waals surface area contributed by atoms with Crippen molar-refractivity contribution in [2.24, 2.45) is 5.92 Å². The Labute approximate surface area is 110 Å². The molecule has 1 aliphatic heterocycles. The van der Waals surface area contributed by atoms with Crippen LogP contribution in [0.4, 0.5) is 0 Å². The number of fused-ring (bicyclic) bond motifs is 1. The third-order valence-corrected chi connectivity index (χ3v) is 4.64. The number of hydrogen-bond acceptors (Lipinski definition) is 2. The molecule has 0 saturated heterocycles. The fraction of sp³-hybridized carbons (Fsp3) is 0.625. The summed E-state index contributed by atoms with van der Waals surface area (Å²) in [5.74, 6) is 0.783. The molecule has 1 saturated carbocycles. The van der Waals surface area contributed by atoms with Crippen LogP contribution in [0.15, 0.2) is 24.3 Å². The Balaban J connectivity index is 1.74. The van der Waals surface area contributed by atoms with Crippen LogP contribution in [0.1, 0.15) is 42.9 Å². The summed E-state index contributed by atoms with van der Waals surface area (Å²) in [6.07, 6.45) is 6.64. The van der Waals surface area contributed by atoms with E-state index >= 15 is 0 Å². The molecule has 1 fully saturated rings. The minimum Gasteiger partial charge on any atom is -0.373 e. The molecule has 0 aromatic heterocycles. The summed E-state index contributed by atoms with van der Waals surface area (Å²) in [4.78, 5) is 0. The second-order valence-corrected chi connectivity index (χ2v) is 5.63. The Morgan fingerprint density at radius 3 is 3.06 bits per heavy atom. The predicted molar refractivity (Wildman–Crippen MR) is 73.6 cm³/mol. The molecule has 0 bridgehead atoms.